The van der Waals surface area contributed by atoms with E-state index >= 15 is 0 Å². The highest BCUT2D eigenvalue weighted by Gasteiger charge is 2.20. The summed E-state index contributed by atoms with van der Waals surface area (Å²) >= 11 is 0. The first-order valence-corrected chi connectivity index (χ1v) is 5.13. The molecule has 0 unspecified atom stereocenters. The minimum absolute atomic E-state index is 0.0318. The maximum Gasteiger partial charge on any atom is 0.221 e. The first kappa shape index (κ1) is 11.1. The fourth-order valence-electron chi connectivity index (χ4n) is 1.71. The fraction of sp³-hybridized carbons (Fsp3) is 0.727. The molecule has 0 aromatic carbocycles. The number of hydrogen-bond acceptors (Lipinski definition) is 2. The molecule has 1 saturated carbocycles. The van der Waals surface area contributed by atoms with E-state index in [4.69, 9.17) is 6.42 Å². The normalized spacial score (nSPS) is 26.6. The Kier molecular flexibility index (Phi) is 4.48. The minimum atomic E-state index is -0.172. The number of amides is 1. The Labute approximate surface area is 84.9 Å². The maximum atomic E-state index is 11.3. The van der Waals surface area contributed by atoms with Gasteiger partial charge in [0.2, 0.25) is 5.91 Å². The van der Waals surface area contributed by atoms with Gasteiger partial charge in [0.15, 0.2) is 0 Å². The number of aliphatic hydroxyl groups excluding tert-OH is 1. The molecule has 1 aliphatic rings. The van der Waals surface area contributed by atoms with Gasteiger partial charge in [-0.05, 0) is 25.7 Å². The summed E-state index contributed by atoms with van der Waals surface area (Å²) in [5, 5.41) is 12.2. The van der Waals surface area contributed by atoms with E-state index in [1.54, 1.807) is 0 Å². The van der Waals surface area contributed by atoms with Crippen LogP contribution in [0.25, 0.3) is 0 Å². The van der Waals surface area contributed by atoms with Gasteiger partial charge in [0.05, 0.1) is 6.10 Å². The molecule has 0 bridgehead atoms. The van der Waals surface area contributed by atoms with Gasteiger partial charge in [-0.3, -0.25) is 4.79 Å². The van der Waals surface area contributed by atoms with Crippen LogP contribution >= 0.6 is 0 Å². The summed E-state index contributed by atoms with van der Waals surface area (Å²) in [7, 11) is 0. The Morgan fingerprint density at radius 2 is 2.07 bits per heavy atom. The first-order chi connectivity index (χ1) is 6.72. The van der Waals surface area contributed by atoms with Crippen molar-refractivity contribution in [1.29, 1.82) is 0 Å². The summed E-state index contributed by atoms with van der Waals surface area (Å²) in [4.78, 5) is 11.3. The molecule has 78 valence electrons. The van der Waals surface area contributed by atoms with E-state index < -0.39 is 0 Å². The zero-order chi connectivity index (χ0) is 10.4. The van der Waals surface area contributed by atoms with Gasteiger partial charge in [0.1, 0.15) is 0 Å². The number of rotatable bonds is 3. The molecule has 0 heterocycles. The second-order valence-corrected chi connectivity index (χ2v) is 3.78. The van der Waals surface area contributed by atoms with Crippen LogP contribution in [0.1, 0.15) is 38.5 Å². The quantitative estimate of drug-likeness (QED) is 0.655. The van der Waals surface area contributed by atoms with Crippen LogP contribution in [-0.4, -0.2) is 23.2 Å². The van der Waals surface area contributed by atoms with Crippen LogP contribution in [0, 0.1) is 12.3 Å². The van der Waals surface area contributed by atoms with Crippen molar-refractivity contribution in [2.75, 3.05) is 0 Å². The summed E-state index contributed by atoms with van der Waals surface area (Å²) in [5.41, 5.74) is 0. The van der Waals surface area contributed by atoms with Crippen LogP contribution < -0.4 is 5.32 Å². The lowest BCUT2D eigenvalue weighted by atomic mass is 9.93. The molecule has 3 nitrogen and oxygen atoms in total. The fourth-order valence-corrected chi connectivity index (χ4v) is 1.71. The molecule has 3 heteroatoms. The Balaban J connectivity index is 2.18. The number of carbonyl (C=O) groups excluding carboxylic acids is 1. The molecule has 0 radical (unpaired) electrons. The monoisotopic (exact) mass is 195 g/mol. The van der Waals surface area contributed by atoms with Crippen molar-refractivity contribution in [1.82, 2.24) is 5.32 Å². The number of carbonyl (C=O) groups is 1. The molecular formula is C11H17NO2. The van der Waals surface area contributed by atoms with E-state index in [1.165, 1.54) is 0 Å². The SMILES string of the molecule is C#CCCC(=O)NC1CCC(O)CC1. The van der Waals surface area contributed by atoms with Crippen LogP contribution in [0.4, 0.5) is 0 Å². The van der Waals surface area contributed by atoms with Gasteiger partial charge in [0.25, 0.3) is 0 Å². The zero-order valence-electron chi connectivity index (χ0n) is 8.33. The smallest absolute Gasteiger partial charge is 0.221 e. The molecule has 0 atom stereocenters. The lowest BCUT2D eigenvalue weighted by Gasteiger charge is -2.26. The van der Waals surface area contributed by atoms with E-state index in [-0.39, 0.29) is 18.1 Å². The molecule has 1 rings (SSSR count). The Bertz CT molecular complexity index is 224. The molecule has 1 aliphatic carbocycles. The minimum Gasteiger partial charge on any atom is -0.393 e. The molecule has 1 fully saturated rings. The van der Waals surface area contributed by atoms with Crippen molar-refractivity contribution in [3.8, 4) is 12.3 Å². The largest absolute Gasteiger partial charge is 0.393 e. The van der Waals surface area contributed by atoms with Gasteiger partial charge < -0.3 is 10.4 Å². The second kappa shape index (κ2) is 5.66. The Morgan fingerprint density at radius 3 is 2.64 bits per heavy atom. The standard InChI is InChI=1S/C11H17NO2/c1-2-3-4-11(14)12-9-5-7-10(13)8-6-9/h1,9-10,13H,3-8H2,(H,12,14). The van der Waals surface area contributed by atoms with Gasteiger partial charge in [0, 0.05) is 18.9 Å². The third kappa shape index (κ3) is 3.80. The molecule has 0 saturated heterocycles. The number of nitrogens with one attached hydrogen (secondary N) is 1. The molecule has 1 amide bonds. The molecule has 14 heavy (non-hydrogen) atoms. The van der Waals surface area contributed by atoms with Crippen LogP contribution in [-0.2, 0) is 4.79 Å². The summed E-state index contributed by atoms with van der Waals surface area (Å²) in [6.45, 7) is 0. The van der Waals surface area contributed by atoms with Crippen molar-refractivity contribution in [2.45, 2.75) is 50.7 Å². The molecule has 0 aliphatic heterocycles. The predicted molar refractivity (Wildman–Crippen MR) is 54.5 cm³/mol. The molecular weight excluding hydrogens is 178 g/mol. The lowest BCUT2D eigenvalue weighted by molar-refractivity contribution is -0.122. The Hall–Kier alpha value is -1.01. The highest BCUT2D eigenvalue weighted by molar-refractivity contribution is 5.76. The topological polar surface area (TPSA) is 49.3 Å². The molecule has 0 spiro atoms. The number of aliphatic hydroxyl groups is 1. The van der Waals surface area contributed by atoms with Crippen LogP contribution in [0.5, 0.6) is 0 Å². The van der Waals surface area contributed by atoms with Crippen LogP contribution in [0.3, 0.4) is 0 Å². The van der Waals surface area contributed by atoms with Gasteiger partial charge in [-0.2, -0.15) is 0 Å². The second-order valence-electron chi connectivity index (χ2n) is 3.78. The van der Waals surface area contributed by atoms with Gasteiger partial charge in [-0.1, -0.05) is 0 Å². The Morgan fingerprint density at radius 1 is 1.43 bits per heavy atom. The number of hydrogen-bond donors (Lipinski definition) is 2. The third-order valence-corrected chi connectivity index (χ3v) is 2.56. The van der Waals surface area contributed by atoms with E-state index in [9.17, 15) is 9.90 Å². The van der Waals surface area contributed by atoms with Crippen LogP contribution in [0.2, 0.25) is 0 Å². The highest BCUT2D eigenvalue weighted by atomic mass is 16.3. The summed E-state index contributed by atoms with van der Waals surface area (Å²) < 4.78 is 0. The van der Waals surface area contributed by atoms with Gasteiger partial charge in [-0.25, -0.2) is 0 Å². The summed E-state index contributed by atoms with van der Waals surface area (Å²) in [6, 6.07) is 0.240. The maximum absolute atomic E-state index is 11.3. The van der Waals surface area contributed by atoms with E-state index in [0.29, 0.717) is 12.8 Å². The van der Waals surface area contributed by atoms with Crippen molar-refractivity contribution in [3.05, 3.63) is 0 Å². The van der Waals surface area contributed by atoms with Crippen molar-refractivity contribution >= 4 is 5.91 Å². The van der Waals surface area contributed by atoms with Crippen molar-refractivity contribution in [3.63, 3.8) is 0 Å². The first-order valence-electron chi connectivity index (χ1n) is 5.13. The third-order valence-electron chi connectivity index (χ3n) is 2.56. The molecule has 2 N–H and O–H groups in total. The molecule has 0 aromatic rings. The van der Waals surface area contributed by atoms with Crippen molar-refractivity contribution < 1.29 is 9.90 Å². The van der Waals surface area contributed by atoms with E-state index in [2.05, 4.69) is 11.2 Å². The predicted octanol–water partition coefficient (Wildman–Crippen LogP) is 0.819. The van der Waals surface area contributed by atoms with Gasteiger partial charge >= 0.3 is 0 Å². The van der Waals surface area contributed by atoms with Crippen molar-refractivity contribution in [2.24, 2.45) is 0 Å². The summed E-state index contributed by atoms with van der Waals surface area (Å²) in [6.07, 6.45) is 9.15. The summed E-state index contributed by atoms with van der Waals surface area (Å²) in [5.74, 6) is 2.47. The zero-order valence-corrected chi connectivity index (χ0v) is 8.33. The lowest BCUT2D eigenvalue weighted by Crippen LogP contribution is -2.38. The highest BCUT2D eigenvalue weighted by Crippen LogP contribution is 2.18. The van der Waals surface area contributed by atoms with E-state index in [1.807, 2.05) is 0 Å². The van der Waals surface area contributed by atoms with Crippen LogP contribution in [0.15, 0.2) is 0 Å². The average Bonchev–Trinajstić information content (AvgIpc) is 2.18. The average molecular weight is 195 g/mol. The van der Waals surface area contributed by atoms with E-state index in [0.717, 1.165) is 25.7 Å². The molecule has 0 aromatic heterocycles. The number of terminal acetylenes is 1. The van der Waals surface area contributed by atoms with Gasteiger partial charge in [-0.15, -0.1) is 12.3 Å².